The zero-order chi connectivity index (χ0) is 26.1. The summed E-state index contributed by atoms with van der Waals surface area (Å²) in [5.74, 6) is -5.62. The number of anilines is 3. The minimum absolute atomic E-state index is 0.0447. The Hall–Kier alpha value is -4.81. The number of nitrogens with zero attached hydrogens (tertiary/aromatic N) is 2. The van der Waals surface area contributed by atoms with E-state index in [-0.39, 0.29) is 22.6 Å². The van der Waals surface area contributed by atoms with Crippen LogP contribution in [0.4, 0.5) is 17.1 Å². The highest BCUT2D eigenvalue weighted by Crippen LogP contribution is 2.33. The molecule has 2 rings (SSSR count). The molecule has 2 aromatic rings. The van der Waals surface area contributed by atoms with Crippen LogP contribution >= 0.6 is 0 Å². The second-order valence-corrected chi connectivity index (χ2v) is 7.18. The molecule has 13 nitrogen and oxygen atoms in total. The second-order valence-electron chi connectivity index (χ2n) is 7.18. The van der Waals surface area contributed by atoms with Crippen molar-refractivity contribution in [3.05, 3.63) is 48.0 Å². The summed E-state index contributed by atoms with van der Waals surface area (Å²) in [6.45, 7) is -3.10. The van der Waals surface area contributed by atoms with E-state index < -0.39 is 56.0 Å². The van der Waals surface area contributed by atoms with Gasteiger partial charge in [-0.25, -0.2) is 0 Å². The molecular formula is C22H23N3O10. The van der Waals surface area contributed by atoms with Crippen molar-refractivity contribution in [1.82, 2.24) is 0 Å². The van der Waals surface area contributed by atoms with Crippen molar-refractivity contribution < 1.29 is 49.1 Å². The Kier molecular flexibility index (Phi) is 8.97. The first kappa shape index (κ1) is 26.4. The molecule has 0 fully saturated rings. The number of carbonyl (C=O) groups excluding carboxylic acids is 1. The Morgan fingerprint density at radius 2 is 1.26 bits per heavy atom. The maximum atomic E-state index is 12.7. The number of hydrogen-bond acceptors (Lipinski definition) is 8. The predicted octanol–water partition coefficient (Wildman–Crippen LogP) is 0.899. The summed E-state index contributed by atoms with van der Waals surface area (Å²) in [5, 5.41) is 39.6. The average Bonchev–Trinajstić information content (AvgIpc) is 2.77. The summed E-state index contributed by atoms with van der Waals surface area (Å²) in [4.78, 5) is 60.0. The number of rotatable bonds is 13. The molecule has 13 heteroatoms. The van der Waals surface area contributed by atoms with E-state index in [1.54, 1.807) is 12.1 Å². The minimum Gasteiger partial charge on any atom is -0.497 e. The number of hydrogen-bond donors (Lipinski definition) is 5. The smallest absolute Gasteiger partial charge is 0.323 e. The Balaban J connectivity index is 2.55. The molecule has 0 aliphatic rings. The highest BCUT2D eigenvalue weighted by Gasteiger charge is 2.24. The number of carbonyl (C=O) groups is 5. The molecule has 0 heterocycles. The number of amides is 1. The summed E-state index contributed by atoms with van der Waals surface area (Å²) in [7, 11) is 1.43. The lowest BCUT2D eigenvalue weighted by molar-refractivity contribution is -0.138. The van der Waals surface area contributed by atoms with E-state index in [2.05, 4.69) is 5.32 Å². The number of aliphatic carboxylic acids is 4. The fourth-order valence-electron chi connectivity index (χ4n) is 3.20. The number of carboxylic acid groups (broad SMARTS) is 4. The molecule has 0 bridgehead atoms. The molecule has 0 aromatic heterocycles. The monoisotopic (exact) mass is 489 g/mol. The number of benzene rings is 2. The van der Waals surface area contributed by atoms with Gasteiger partial charge < -0.3 is 40.3 Å². The number of nitrogens with one attached hydrogen (secondary N) is 1. The molecule has 0 spiro atoms. The van der Waals surface area contributed by atoms with E-state index >= 15 is 0 Å². The van der Waals surface area contributed by atoms with Crippen LogP contribution in [-0.4, -0.2) is 83.5 Å². The van der Waals surface area contributed by atoms with Gasteiger partial charge in [-0.15, -0.1) is 0 Å². The Bertz CT molecular complexity index is 1100. The van der Waals surface area contributed by atoms with Crippen molar-refractivity contribution in [2.45, 2.75) is 0 Å². The van der Waals surface area contributed by atoms with Crippen molar-refractivity contribution in [2.75, 3.05) is 48.4 Å². The molecule has 2 aromatic carbocycles. The van der Waals surface area contributed by atoms with Crippen LogP contribution in [0.25, 0.3) is 0 Å². The van der Waals surface area contributed by atoms with Gasteiger partial charge in [0.05, 0.1) is 18.5 Å². The van der Waals surface area contributed by atoms with Gasteiger partial charge >= 0.3 is 23.9 Å². The third kappa shape index (κ3) is 7.92. The fraction of sp³-hybridized carbons (Fsp3) is 0.227. The van der Waals surface area contributed by atoms with Crippen molar-refractivity contribution in [2.24, 2.45) is 0 Å². The van der Waals surface area contributed by atoms with Gasteiger partial charge in [0.1, 0.15) is 31.9 Å². The van der Waals surface area contributed by atoms with Gasteiger partial charge in [-0.1, -0.05) is 6.07 Å². The minimum atomic E-state index is -1.38. The van der Waals surface area contributed by atoms with E-state index in [1.165, 1.54) is 37.4 Å². The quantitative estimate of drug-likeness (QED) is 0.267. The van der Waals surface area contributed by atoms with Gasteiger partial charge in [0, 0.05) is 11.3 Å². The fourth-order valence-corrected chi connectivity index (χ4v) is 3.20. The first-order valence-electron chi connectivity index (χ1n) is 9.96. The Morgan fingerprint density at radius 1 is 0.743 bits per heavy atom. The lowest BCUT2D eigenvalue weighted by Crippen LogP contribution is -2.39. The summed E-state index contributed by atoms with van der Waals surface area (Å²) in [5.41, 5.74) is 0.224. The predicted molar refractivity (Wildman–Crippen MR) is 122 cm³/mol. The number of carboxylic acids is 4. The maximum Gasteiger partial charge on any atom is 0.323 e. The standard InChI is InChI=1S/C22H23N3O10/c1-35-15-4-2-3-13(7-15)22(34)23-14-5-6-16(24(9-18(26)27)10-19(28)29)17(8-14)25(11-20(30)31)12-21(32)33/h2-8H,9-12H2,1H3,(H,23,34)(H,26,27)(H,28,29)(H,30,31)(H,32,33). The molecule has 0 unspecified atom stereocenters. The SMILES string of the molecule is COc1cccc(C(=O)Nc2ccc(N(CC(=O)O)CC(=O)O)c(N(CC(=O)O)CC(=O)O)c2)c1. The van der Waals surface area contributed by atoms with E-state index in [9.17, 15) is 44.4 Å². The van der Waals surface area contributed by atoms with Crippen LogP contribution in [0.1, 0.15) is 10.4 Å². The maximum absolute atomic E-state index is 12.7. The zero-order valence-corrected chi connectivity index (χ0v) is 18.5. The number of methoxy groups -OCH3 is 1. The number of ether oxygens (including phenoxy) is 1. The van der Waals surface area contributed by atoms with Gasteiger partial charge in [0.15, 0.2) is 0 Å². The van der Waals surface area contributed by atoms with Gasteiger partial charge in [-0.2, -0.15) is 0 Å². The molecular weight excluding hydrogens is 466 g/mol. The third-order valence-corrected chi connectivity index (χ3v) is 4.55. The Morgan fingerprint density at radius 3 is 1.74 bits per heavy atom. The summed E-state index contributed by atoms with van der Waals surface area (Å²) < 4.78 is 5.09. The molecule has 5 N–H and O–H groups in total. The first-order valence-corrected chi connectivity index (χ1v) is 9.96. The van der Waals surface area contributed by atoms with E-state index in [0.29, 0.717) is 5.75 Å². The van der Waals surface area contributed by atoms with Crippen molar-refractivity contribution >= 4 is 46.8 Å². The van der Waals surface area contributed by atoms with Crippen LogP contribution in [0.15, 0.2) is 42.5 Å². The van der Waals surface area contributed by atoms with Gasteiger partial charge in [0.2, 0.25) is 0 Å². The molecule has 0 radical (unpaired) electrons. The highest BCUT2D eigenvalue weighted by atomic mass is 16.5. The molecule has 0 saturated carbocycles. The van der Waals surface area contributed by atoms with Crippen molar-refractivity contribution in [1.29, 1.82) is 0 Å². The van der Waals surface area contributed by atoms with Gasteiger partial charge in [-0.05, 0) is 36.4 Å². The lowest BCUT2D eigenvalue weighted by atomic mass is 10.1. The third-order valence-electron chi connectivity index (χ3n) is 4.55. The molecule has 0 atom stereocenters. The summed E-state index contributed by atoms with van der Waals surface area (Å²) in [6, 6.07) is 10.1. The summed E-state index contributed by atoms with van der Waals surface area (Å²) >= 11 is 0. The average molecular weight is 489 g/mol. The van der Waals surface area contributed by atoms with Crippen LogP contribution in [0.2, 0.25) is 0 Å². The normalized spacial score (nSPS) is 10.2. The van der Waals surface area contributed by atoms with Crippen LogP contribution in [-0.2, 0) is 19.2 Å². The first-order chi connectivity index (χ1) is 16.5. The Labute approximate surface area is 198 Å². The van der Waals surface area contributed by atoms with Gasteiger partial charge in [-0.3, -0.25) is 24.0 Å². The van der Waals surface area contributed by atoms with Crippen molar-refractivity contribution in [3.63, 3.8) is 0 Å². The lowest BCUT2D eigenvalue weighted by Gasteiger charge is -2.30. The molecule has 0 saturated heterocycles. The zero-order valence-electron chi connectivity index (χ0n) is 18.5. The largest absolute Gasteiger partial charge is 0.497 e. The van der Waals surface area contributed by atoms with Crippen molar-refractivity contribution in [3.8, 4) is 5.75 Å². The highest BCUT2D eigenvalue weighted by molar-refractivity contribution is 6.05. The van der Waals surface area contributed by atoms with Crippen LogP contribution < -0.4 is 19.9 Å². The van der Waals surface area contributed by atoms with E-state index in [1.807, 2.05) is 0 Å². The summed E-state index contributed by atoms with van der Waals surface area (Å²) in [6.07, 6.45) is 0. The molecule has 35 heavy (non-hydrogen) atoms. The molecule has 0 aliphatic carbocycles. The molecule has 1 amide bonds. The van der Waals surface area contributed by atoms with E-state index in [0.717, 1.165) is 9.80 Å². The topological polar surface area (TPSA) is 194 Å². The van der Waals surface area contributed by atoms with Crippen LogP contribution in [0, 0.1) is 0 Å². The van der Waals surface area contributed by atoms with Crippen LogP contribution in [0.5, 0.6) is 5.75 Å². The molecule has 0 aliphatic heterocycles. The molecule has 186 valence electrons. The van der Waals surface area contributed by atoms with E-state index in [4.69, 9.17) is 4.74 Å². The second kappa shape index (κ2) is 11.9. The van der Waals surface area contributed by atoms with Crippen LogP contribution in [0.3, 0.4) is 0 Å². The van der Waals surface area contributed by atoms with Gasteiger partial charge in [0.25, 0.3) is 5.91 Å².